The number of pyridine rings is 1. The maximum absolute atomic E-state index is 6.20. The summed E-state index contributed by atoms with van der Waals surface area (Å²) in [4.78, 5) is 4.29. The lowest BCUT2D eigenvalue weighted by atomic mass is 9.95. The smallest absolute Gasteiger partial charge is 0.161 e. The van der Waals surface area contributed by atoms with E-state index in [0.717, 1.165) is 52.1 Å². The molecule has 0 amide bonds. The quantitative estimate of drug-likeness (QED) is 0.564. The molecule has 1 aliphatic carbocycles. The average molecular weight is 385 g/mol. The van der Waals surface area contributed by atoms with Crippen molar-refractivity contribution in [3.63, 3.8) is 0 Å². The lowest BCUT2D eigenvalue weighted by Gasteiger charge is -2.22. The zero-order chi connectivity index (χ0) is 19.0. The molecule has 0 unspecified atom stereocenters. The Morgan fingerprint density at radius 2 is 1.96 bits per heavy atom. The van der Waals surface area contributed by atoms with Gasteiger partial charge in [0.15, 0.2) is 5.82 Å². The fraction of sp³-hybridized carbons (Fsp3) is 0.429. The Hall–Kier alpha value is -2.27. The van der Waals surface area contributed by atoms with Crippen LogP contribution in [-0.2, 0) is 0 Å². The second-order valence-corrected chi connectivity index (χ2v) is 7.71. The Morgan fingerprint density at radius 3 is 2.70 bits per heavy atom. The van der Waals surface area contributed by atoms with E-state index < -0.39 is 0 Å². The van der Waals surface area contributed by atoms with Gasteiger partial charge in [-0.25, -0.2) is 4.98 Å². The number of ether oxygens (including phenoxy) is 1. The molecule has 0 bridgehead atoms. The van der Waals surface area contributed by atoms with E-state index in [9.17, 15) is 0 Å². The first-order valence-electron chi connectivity index (χ1n) is 9.53. The topological polar surface area (TPSA) is 52.0 Å². The van der Waals surface area contributed by atoms with Gasteiger partial charge in [-0.15, -0.1) is 0 Å². The van der Waals surface area contributed by atoms with Crippen molar-refractivity contribution in [1.29, 1.82) is 0 Å². The van der Waals surface area contributed by atoms with Crippen LogP contribution >= 0.6 is 11.6 Å². The zero-order valence-electron chi connectivity index (χ0n) is 16.1. The standard InChI is InChI=1S/C21H25ClN4O/c1-13-9-10-18(27-3)14(2)20(13)24-21-16-12-23-19(22)11-17(16)26(25-21)15-7-5-4-6-8-15/h9-12,15H,4-8H2,1-3H3,(H,24,25). The van der Waals surface area contributed by atoms with Crippen molar-refractivity contribution in [1.82, 2.24) is 14.8 Å². The highest BCUT2D eigenvalue weighted by Gasteiger charge is 2.22. The summed E-state index contributed by atoms with van der Waals surface area (Å²) in [5.74, 6) is 1.68. The molecule has 1 aromatic carbocycles. The van der Waals surface area contributed by atoms with Crippen molar-refractivity contribution in [3.05, 3.63) is 40.7 Å². The molecule has 0 aliphatic heterocycles. The van der Waals surface area contributed by atoms with Crippen molar-refractivity contribution in [2.75, 3.05) is 12.4 Å². The van der Waals surface area contributed by atoms with Crippen molar-refractivity contribution in [2.45, 2.75) is 52.0 Å². The number of halogens is 1. The predicted octanol–water partition coefficient (Wildman–Crippen LogP) is 5.96. The van der Waals surface area contributed by atoms with Crippen LogP contribution in [0.5, 0.6) is 5.75 Å². The average Bonchev–Trinajstić information content (AvgIpc) is 3.03. The number of hydrogen-bond donors (Lipinski definition) is 1. The first-order chi connectivity index (χ1) is 13.1. The van der Waals surface area contributed by atoms with Gasteiger partial charge in [0.1, 0.15) is 10.9 Å². The zero-order valence-corrected chi connectivity index (χ0v) is 16.8. The van der Waals surface area contributed by atoms with Crippen molar-refractivity contribution < 1.29 is 4.74 Å². The first kappa shape index (κ1) is 18.1. The van der Waals surface area contributed by atoms with Crippen LogP contribution in [0.15, 0.2) is 24.4 Å². The molecule has 0 spiro atoms. The molecule has 1 fully saturated rings. The molecule has 6 heteroatoms. The third-order valence-electron chi connectivity index (χ3n) is 5.57. The molecule has 27 heavy (non-hydrogen) atoms. The van der Waals surface area contributed by atoms with Crippen LogP contribution < -0.4 is 10.1 Å². The highest BCUT2D eigenvalue weighted by atomic mass is 35.5. The van der Waals surface area contributed by atoms with Gasteiger partial charge in [-0.2, -0.15) is 5.10 Å². The van der Waals surface area contributed by atoms with Crippen LogP contribution in [0.4, 0.5) is 11.5 Å². The number of fused-ring (bicyclic) bond motifs is 1. The van der Waals surface area contributed by atoms with Crippen LogP contribution in [0.25, 0.3) is 10.9 Å². The summed E-state index contributed by atoms with van der Waals surface area (Å²) < 4.78 is 7.63. The van der Waals surface area contributed by atoms with Crippen LogP contribution in [0.2, 0.25) is 5.15 Å². The molecule has 1 aliphatic rings. The molecule has 2 aromatic heterocycles. The number of anilines is 2. The van der Waals surface area contributed by atoms with Gasteiger partial charge in [0.05, 0.1) is 24.1 Å². The normalized spacial score (nSPS) is 15.3. The molecule has 5 nitrogen and oxygen atoms in total. The molecule has 0 atom stereocenters. The van der Waals surface area contributed by atoms with E-state index in [1.807, 2.05) is 18.3 Å². The molecule has 1 saturated carbocycles. The van der Waals surface area contributed by atoms with E-state index in [1.165, 1.54) is 19.3 Å². The Bertz CT molecular complexity index is 976. The predicted molar refractivity (Wildman–Crippen MR) is 110 cm³/mol. The van der Waals surface area contributed by atoms with Gasteiger partial charge in [-0.3, -0.25) is 4.68 Å². The van der Waals surface area contributed by atoms with Crippen LogP contribution in [0.1, 0.15) is 49.3 Å². The fourth-order valence-corrected chi connectivity index (χ4v) is 4.22. The largest absolute Gasteiger partial charge is 0.496 e. The Morgan fingerprint density at radius 1 is 1.19 bits per heavy atom. The van der Waals surface area contributed by atoms with E-state index in [2.05, 4.69) is 34.9 Å². The van der Waals surface area contributed by atoms with E-state index in [-0.39, 0.29) is 0 Å². The first-order valence-corrected chi connectivity index (χ1v) is 9.91. The second kappa shape index (κ2) is 7.39. The highest BCUT2D eigenvalue weighted by molar-refractivity contribution is 6.30. The van der Waals surface area contributed by atoms with Crippen LogP contribution in [0, 0.1) is 13.8 Å². The van der Waals surface area contributed by atoms with Crippen molar-refractivity contribution in [2.24, 2.45) is 0 Å². The maximum atomic E-state index is 6.20. The third kappa shape index (κ3) is 3.36. The van der Waals surface area contributed by atoms with Gasteiger partial charge in [0.25, 0.3) is 0 Å². The van der Waals surface area contributed by atoms with Gasteiger partial charge in [0, 0.05) is 23.5 Å². The molecule has 3 aromatic rings. The molecule has 0 radical (unpaired) electrons. The summed E-state index contributed by atoms with van der Waals surface area (Å²) in [5.41, 5.74) is 4.29. The van der Waals surface area contributed by atoms with Gasteiger partial charge < -0.3 is 10.1 Å². The second-order valence-electron chi connectivity index (χ2n) is 7.32. The van der Waals surface area contributed by atoms with Gasteiger partial charge in [-0.1, -0.05) is 36.9 Å². The maximum Gasteiger partial charge on any atom is 0.161 e. The number of methoxy groups -OCH3 is 1. The van der Waals surface area contributed by atoms with E-state index in [4.69, 9.17) is 21.4 Å². The lowest BCUT2D eigenvalue weighted by molar-refractivity contribution is 0.338. The number of benzene rings is 1. The number of rotatable bonds is 4. The molecule has 142 valence electrons. The van der Waals surface area contributed by atoms with Crippen LogP contribution in [0.3, 0.4) is 0 Å². The molecule has 4 rings (SSSR count). The minimum atomic E-state index is 0.419. The van der Waals surface area contributed by atoms with Gasteiger partial charge >= 0.3 is 0 Å². The highest BCUT2D eigenvalue weighted by Crippen LogP contribution is 2.37. The Labute approximate surface area is 164 Å². The summed E-state index contributed by atoms with van der Waals surface area (Å²) >= 11 is 6.20. The minimum absolute atomic E-state index is 0.419. The third-order valence-corrected chi connectivity index (χ3v) is 5.77. The molecule has 2 heterocycles. The molecular weight excluding hydrogens is 360 g/mol. The van der Waals surface area contributed by atoms with E-state index in [0.29, 0.717) is 11.2 Å². The number of aryl methyl sites for hydroxylation is 1. The molecule has 0 saturated heterocycles. The van der Waals surface area contributed by atoms with Crippen molar-refractivity contribution >= 4 is 34.0 Å². The van der Waals surface area contributed by atoms with Gasteiger partial charge in [-0.05, 0) is 38.3 Å². The number of aromatic nitrogens is 3. The summed E-state index contributed by atoms with van der Waals surface area (Å²) in [6.45, 7) is 4.15. The lowest BCUT2D eigenvalue weighted by Crippen LogP contribution is -2.14. The fourth-order valence-electron chi connectivity index (χ4n) is 4.06. The summed E-state index contributed by atoms with van der Waals surface area (Å²) in [7, 11) is 1.70. The van der Waals surface area contributed by atoms with Crippen LogP contribution in [-0.4, -0.2) is 21.9 Å². The van der Waals surface area contributed by atoms with E-state index >= 15 is 0 Å². The monoisotopic (exact) mass is 384 g/mol. The molecular formula is C21H25ClN4O. The summed E-state index contributed by atoms with van der Waals surface area (Å²) in [6, 6.07) is 6.40. The Kier molecular flexibility index (Phi) is 4.96. The number of nitrogens with zero attached hydrogens (tertiary/aromatic N) is 3. The molecule has 1 N–H and O–H groups in total. The number of hydrogen-bond acceptors (Lipinski definition) is 4. The summed E-state index contributed by atoms with van der Waals surface area (Å²) in [6.07, 6.45) is 7.95. The number of nitrogens with one attached hydrogen (secondary N) is 1. The van der Waals surface area contributed by atoms with Gasteiger partial charge in [0.2, 0.25) is 0 Å². The minimum Gasteiger partial charge on any atom is -0.496 e. The van der Waals surface area contributed by atoms with Crippen molar-refractivity contribution in [3.8, 4) is 5.75 Å². The van der Waals surface area contributed by atoms with E-state index in [1.54, 1.807) is 7.11 Å². The Balaban J connectivity index is 1.81. The SMILES string of the molecule is COc1ccc(C)c(Nc2nn(C3CCCCC3)c3cc(Cl)ncc23)c1C. The summed E-state index contributed by atoms with van der Waals surface area (Å²) in [5, 5.41) is 9.99.